The summed E-state index contributed by atoms with van der Waals surface area (Å²) in [4.78, 5) is 25.0. The molecule has 1 atom stereocenters. The molecular formula is C12H12N2O2. The highest BCUT2D eigenvalue weighted by Crippen LogP contribution is 2.22. The van der Waals surface area contributed by atoms with Crippen LogP contribution in [-0.2, 0) is 9.59 Å². The fourth-order valence-corrected chi connectivity index (χ4v) is 1.76. The van der Waals surface area contributed by atoms with E-state index in [4.69, 9.17) is 0 Å². The van der Waals surface area contributed by atoms with Gasteiger partial charge in [-0.3, -0.25) is 4.79 Å². The first-order valence-corrected chi connectivity index (χ1v) is 5.01. The summed E-state index contributed by atoms with van der Waals surface area (Å²) in [5.41, 5.74) is 1.75. The van der Waals surface area contributed by atoms with Gasteiger partial charge in [-0.2, -0.15) is 0 Å². The molecular weight excluding hydrogens is 204 g/mol. The van der Waals surface area contributed by atoms with Gasteiger partial charge in [0.25, 0.3) is 0 Å². The van der Waals surface area contributed by atoms with Crippen LogP contribution in [0, 0.1) is 0 Å². The van der Waals surface area contributed by atoms with E-state index >= 15 is 0 Å². The Morgan fingerprint density at radius 1 is 1.44 bits per heavy atom. The number of aromatic amines is 1. The molecule has 0 bridgehead atoms. The lowest BCUT2D eigenvalue weighted by Gasteiger charge is -2.09. The van der Waals surface area contributed by atoms with Gasteiger partial charge in [-0.1, -0.05) is 18.2 Å². The van der Waals surface area contributed by atoms with Crippen LogP contribution in [0.15, 0.2) is 30.5 Å². The summed E-state index contributed by atoms with van der Waals surface area (Å²) in [6.45, 7) is 1.39. The molecule has 82 valence electrons. The molecule has 4 heteroatoms. The summed E-state index contributed by atoms with van der Waals surface area (Å²) in [5, 5.41) is 3.55. The van der Waals surface area contributed by atoms with E-state index in [0.717, 1.165) is 22.8 Å². The van der Waals surface area contributed by atoms with E-state index in [2.05, 4.69) is 10.3 Å². The molecule has 1 amide bonds. The Labute approximate surface area is 92.7 Å². The van der Waals surface area contributed by atoms with Gasteiger partial charge >= 0.3 is 0 Å². The number of carbonyl (C=O) groups is 2. The van der Waals surface area contributed by atoms with Crippen molar-refractivity contribution in [1.82, 2.24) is 10.3 Å². The third-order valence-electron chi connectivity index (χ3n) is 2.45. The summed E-state index contributed by atoms with van der Waals surface area (Å²) in [6.07, 6.45) is 2.48. The number of aromatic nitrogens is 1. The maximum absolute atomic E-state index is 11.0. The molecule has 0 saturated carbocycles. The molecule has 0 fully saturated rings. The first-order chi connectivity index (χ1) is 7.72. The molecule has 2 aromatic rings. The van der Waals surface area contributed by atoms with Gasteiger partial charge in [-0.05, 0) is 6.07 Å². The Morgan fingerprint density at radius 3 is 2.88 bits per heavy atom. The number of aldehydes is 1. The van der Waals surface area contributed by atoms with Gasteiger partial charge < -0.3 is 15.1 Å². The number of amides is 1. The molecule has 16 heavy (non-hydrogen) atoms. The molecule has 0 aliphatic carbocycles. The Bertz CT molecular complexity index is 531. The van der Waals surface area contributed by atoms with Gasteiger partial charge in [-0.15, -0.1) is 0 Å². The van der Waals surface area contributed by atoms with Crippen LogP contribution in [0.25, 0.3) is 10.9 Å². The first-order valence-electron chi connectivity index (χ1n) is 5.01. The van der Waals surface area contributed by atoms with Gasteiger partial charge in [0.05, 0.1) is 0 Å². The normalized spacial score (nSPS) is 12.3. The number of hydrogen-bond donors (Lipinski definition) is 2. The van der Waals surface area contributed by atoms with Crippen molar-refractivity contribution >= 4 is 23.1 Å². The quantitative estimate of drug-likeness (QED) is 0.764. The van der Waals surface area contributed by atoms with Crippen LogP contribution in [0.3, 0.4) is 0 Å². The second-order valence-corrected chi connectivity index (χ2v) is 3.60. The minimum Gasteiger partial charge on any atom is -0.361 e. The molecule has 4 nitrogen and oxygen atoms in total. The largest absolute Gasteiger partial charge is 0.361 e. The zero-order valence-electron chi connectivity index (χ0n) is 8.86. The summed E-state index contributed by atoms with van der Waals surface area (Å²) in [6, 6.07) is 7.06. The Kier molecular flexibility index (Phi) is 2.72. The fourth-order valence-electron chi connectivity index (χ4n) is 1.76. The fraction of sp³-hybridized carbons (Fsp3) is 0.167. The summed E-state index contributed by atoms with van der Waals surface area (Å²) in [5.74, 6) is -0.220. The molecule has 0 radical (unpaired) electrons. The molecule has 0 unspecified atom stereocenters. The number of hydrogen-bond acceptors (Lipinski definition) is 2. The predicted octanol–water partition coefficient (Wildman–Crippen LogP) is 1.54. The monoisotopic (exact) mass is 216 g/mol. The smallest absolute Gasteiger partial charge is 0.217 e. The Balaban J connectivity index is 2.44. The third kappa shape index (κ3) is 1.82. The van der Waals surface area contributed by atoms with Crippen LogP contribution in [0.4, 0.5) is 0 Å². The highest BCUT2D eigenvalue weighted by molar-refractivity contribution is 5.88. The number of fused-ring (bicyclic) bond motifs is 1. The van der Waals surface area contributed by atoms with Crippen LogP contribution in [0.5, 0.6) is 0 Å². The van der Waals surface area contributed by atoms with Gasteiger partial charge in [0.15, 0.2) is 0 Å². The number of H-pyrrole nitrogens is 1. The van der Waals surface area contributed by atoms with Crippen molar-refractivity contribution in [3.05, 3.63) is 36.0 Å². The van der Waals surface area contributed by atoms with E-state index in [1.54, 1.807) is 6.20 Å². The van der Waals surface area contributed by atoms with Crippen molar-refractivity contribution in [3.8, 4) is 0 Å². The average Bonchev–Trinajstić information content (AvgIpc) is 2.69. The van der Waals surface area contributed by atoms with Crippen molar-refractivity contribution in [2.45, 2.75) is 13.0 Å². The van der Waals surface area contributed by atoms with Crippen LogP contribution in [0.1, 0.15) is 18.5 Å². The summed E-state index contributed by atoms with van der Waals surface area (Å²) in [7, 11) is 0. The van der Waals surface area contributed by atoms with Crippen LogP contribution in [0.2, 0.25) is 0 Å². The number of carbonyl (C=O) groups excluding carboxylic acids is 2. The lowest BCUT2D eigenvalue weighted by molar-refractivity contribution is -0.122. The topological polar surface area (TPSA) is 62.0 Å². The second kappa shape index (κ2) is 4.18. The SMILES string of the molecule is CC(=O)N[C@H](C=O)c1c[nH]c2ccccc12. The van der Waals surface area contributed by atoms with E-state index in [0.29, 0.717) is 0 Å². The summed E-state index contributed by atoms with van der Waals surface area (Å²) < 4.78 is 0. The predicted molar refractivity (Wildman–Crippen MR) is 60.9 cm³/mol. The molecule has 0 aliphatic heterocycles. The van der Waals surface area contributed by atoms with Crippen molar-refractivity contribution in [1.29, 1.82) is 0 Å². The third-order valence-corrected chi connectivity index (χ3v) is 2.45. The molecule has 1 aromatic carbocycles. The molecule has 0 saturated heterocycles. The molecule has 1 aromatic heterocycles. The Morgan fingerprint density at radius 2 is 2.19 bits per heavy atom. The molecule has 0 spiro atoms. The van der Waals surface area contributed by atoms with E-state index in [9.17, 15) is 9.59 Å². The maximum atomic E-state index is 11.0. The highest BCUT2D eigenvalue weighted by Gasteiger charge is 2.15. The summed E-state index contributed by atoms with van der Waals surface area (Å²) >= 11 is 0. The molecule has 2 N–H and O–H groups in total. The van der Waals surface area contributed by atoms with E-state index in [1.807, 2.05) is 24.3 Å². The van der Waals surface area contributed by atoms with Gasteiger partial charge in [-0.25, -0.2) is 0 Å². The minimum absolute atomic E-state index is 0.220. The Hall–Kier alpha value is -2.10. The van der Waals surface area contributed by atoms with Crippen LogP contribution >= 0.6 is 0 Å². The number of para-hydroxylation sites is 1. The standard InChI is InChI=1S/C12H12N2O2/c1-8(16)14-12(7-15)10-6-13-11-5-3-2-4-9(10)11/h2-7,12-13H,1H3,(H,14,16)/t12-/m1/s1. The van der Waals surface area contributed by atoms with Crippen LogP contribution in [-0.4, -0.2) is 17.2 Å². The van der Waals surface area contributed by atoms with Crippen molar-refractivity contribution in [2.75, 3.05) is 0 Å². The molecule has 2 rings (SSSR count). The lowest BCUT2D eigenvalue weighted by Crippen LogP contribution is -2.26. The molecule has 1 heterocycles. The highest BCUT2D eigenvalue weighted by atomic mass is 16.2. The van der Waals surface area contributed by atoms with E-state index < -0.39 is 6.04 Å². The second-order valence-electron chi connectivity index (χ2n) is 3.60. The number of nitrogens with one attached hydrogen (secondary N) is 2. The van der Waals surface area contributed by atoms with Crippen molar-refractivity contribution < 1.29 is 9.59 Å². The van der Waals surface area contributed by atoms with Crippen molar-refractivity contribution in [3.63, 3.8) is 0 Å². The zero-order valence-corrected chi connectivity index (χ0v) is 8.86. The molecule has 0 aliphatic rings. The first kappa shape index (κ1) is 10.4. The average molecular weight is 216 g/mol. The lowest BCUT2D eigenvalue weighted by atomic mass is 10.1. The van der Waals surface area contributed by atoms with Gasteiger partial charge in [0, 0.05) is 29.6 Å². The number of rotatable bonds is 3. The van der Waals surface area contributed by atoms with E-state index in [-0.39, 0.29) is 5.91 Å². The van der Waals surface area contributed by atoms with Crippen LogP contribution < -0.4 is 5.32 Å². The van der Waals surface area contributed by atoms with Gasteiger partial charge in [0.2, 0.25) is 5.91 Å². The van der Waals surface area contributed by atoms with Gasteiger partial charge in [0.1, 0.15) is 12.3 Å². The van der Waals surface area contributed by atoms with Crippen molar-refractivity contribution in [2.24, 2.45) is 0 Å². The maximum Gasteiger partial charge on any atom is 0.217 e. The minimum atomic E-state index is -0.589. The number of benzene rings is 1. The zero-order chi connectivity index (χ0) is 11.5. The van der Waals surface area contributed by atoms with E-state index in [1.165, 1.54) is 6.92 Å².